The molecular formula is C14H21N5O2. The molecular weight excluding hydrogens is 270 g/mol. The van der Waals surface area contributed by atoms with Crippen LogP contribution in [0.25, 0.3) is 11.5 Å². The zero-order valence-corrected chi connectivity index (χ0v) is 12.7. The summed E-state index contributed by atoms with van der Waals surface area (Å²) in [4.78, 5) is 12.4. The van der Waals surface area contributed by atoms with E-state index in [-0.39, 0.29) is 5.41 Å². The summed E-state index contributed by atoms with van der Waals surface area (Å²) < 4.78 is 10.3. The van der Waals surface area contributed by atoms with E-state index >= 15 is 0 Å². The van der Waals surface area contributed by atoms with Crippen molar-refractivity contribution in [2.45, 2.75) is 33.1 Å². The van der Waals surface area contributed by atoms with Crippen LogP contribution in [0.3, 0.4) is 0 Å². The van der Waals surface area contributed by atoms with Crippen LogP contribution in [-0.4, -0.2) is 33.8 Å². The topological polar surface area (TPSA) is 100.0 Å². The summed E-state index contributed by atoms with van der Waals surface area (Å²) in [5, 5.41) is 3.95. The van der Waals surface area contributed by atoms with E-state index < -0.39 is 0 Å². The molecule has 0 saturated heterocycles. The van der Waals surface area contributed by atoms with Crippen LogP contribution in [0.5, 0.6) is 5.88 Å². The number of nitrogens with two attached hydrogens (primary N) is 1. The SMILES string of the molecule is COc1cc(-c2noc(CCC(C)(C)CCN)n2)ncn1. The van der Waals surface area contributed by atoms with Crippen LogP contribution in [0.15, 0.2) is 16.9 Å². The first-order valence-corrected chi connectivity index (χ1v) is 6.93. The molecule has 0 aliphatic carbocycles. The van der Waals surface area contributed by atoms with Crippen molar-refractivity contribution >= 4 is 0 Å². The Hall–Kier alpha value is -2.02. The second-order valence-corrected chi connectivity index (χ2v) is 5.66. The van der Waals surface area contributed by atoms with E-state index in [1.807, 2.05) is 0 Å². The molecule has 0 aromatic carbocycles. The van der Waals surface area contributed by atoms with Crippen LogP contribution in [0, 0.1) is 5.41 Å². The number of methoxy groups -OCH3 is 1. The van der Waals surface area contributed by atoms with Crippen LogP contribution in [0.4, 0.5) is 0 Å². The third-order valence-corrected chi connectivity index (χ3v) is 3.39. The van der Waals surface area contributed by atoms with Gasteiger partial charge in [0.1, 0.15) is 12.0 Å². The lowest BCUT2D eigenvalue weighted by molar-refractivity contribution is 0.289. The molecule has 2 rings (SSSR count). The minimum atomic E-state index is 0.168. The Morgan fingerprint density at radius 3 is 2.81 bits per heavy atom. The van der Waals surface area contributed by atoms with E-state index in [0.717, 1.165) is 19.3 Å². The maximum absolute atomic E-state index is 5.61. The van der Waals surface area contributed by atoms with Crippen molar-refractivity contribution in [2.75, 3.05) is 13.7 Å². The van der Waals surface area contributed by atoms with Gasteiger partial charge in [0.15, 0.2) is 0 Å². The monoisotopic (exact) mass is 291 g/mol. The van der Waals surface area contributed by atoms with Gasteiger partial charge in [-0.15, -0.1) is 0 Å². The van der Waals surface area contributed by atoms with Gasteiger partial charge in [0, 0.05) is 12.5 Å². The van der Waals surface area contributed by atoms with Gasteiger partial charge >= 0.3 is 0 Å². The zero-order chi connectivity index (χ0) is 15.3. The fourth-order valence-corrected chi connectivity index (χ4v) is 1.99. The number of hydrogen-bond donors (Lipinski definition) is 1. The number of nitrogens with zero attached hydrogens (tertiary/aromatic N) is 4. The second-order valence-electron chi connectivity index (χ2n) is 5.66. The van der Waals surface area contributed by atoms with E-state index in [9.17, 15) is 0 Å². The molecule has 2 N–H and O–H groups in total. The molecule has 0 aliphatic heterocycles. The number of ether oxygens (including phenoxy) is 1. The van der Waals surface area contributed by atoms with Gasteiger partial charge in [-0.1, -0.05) is 19.0 Å². The molecule has 0 fully saturated rings. The van der Waals surface area contributed by atoms with Gasteiger partial charge in [-0.3, -0.25) is 0 Å². The maximum atomic E-state index is 5.61. The Bertz CT molecular complexity index is 582. The highest BCUT2D eigenvalue weighted by molar-refractivity contribution is 5.49. The smallest absolute Gasteiger partial charge is 0.227 e. The molecule has 0 amide bonds. The Labute approximate surface area is 123 Å². The average Bonchev–Trinajstić information content (AvgIpc) is 2.94. The molecule has 2 heterocycles. The average molecular weight is 291 g/mol. The standard InChI is InChI=1S/C14H21N5O2/c1-14(2,6-7-15)5-4-11-18-13(19-21-11)10-8-12(20-3)17-9-16-10/h8-9H,4-7,15H2,1-3H3. The third-order valence-electron chi connectivity index (χ3n) is 3.39. The summed E-state index contributed by atoms with van der Waals surface area (Å²) in [6, 6.07) is 1.67. The summed E-state index contributed by atoms with van der Waals surface area (Å²) in [5.41, 5.74) is 6.36. The molecule has 7 heteroatoms. The van der Waals surface area contributed by atoms with Crippen LogP contribution >= 0.6 is 0 Å². The number of aromatic nitrogens is 4. The van der Waals surface area contributed by atoms with E-state index in [4.69, 9.17) is 15.0 Å². The number of hydrogen-bond acceptors (Lipinski definition) is 7. The molecule has 0 bridgehead atoms. The lowest BCUT2D eigenvalue weighted by Crippen LogP contribution is -2.17. The lowest BCUT2D eigenvalue weighted by Gasteiger charge is -2.22. The van der Waals surface area contributed by atoms with E-state index in [2.05, 4.69) is 34.0 Å². The van der Waals surface area contributed by atoms with Crippen LogP contribution in [-0.2, 0) is 6.42 Å². The highest BCUT2D eigenvalue weighted by atomic mass is 16.5. The Balaban J connectivity index is 2.04. The predicted octanol–water partition coefficient (Wildman–Crippen LogP) is 1.84. The summed E-state index contributed by atoms with van der Waals surface area (Å²) >= 11 is 0. The van der Waals surface area contributed by atoms with E-state index in [1.165, 1.54) is 6.33 Å². The van der Waals surface area contributed by atoms with E-state index in [1.54, 1.807) is 13.2 Å². The molecule has 0 atom stereocenters. The highest BCUT2D eigenvalue weighted by Crippen LogP contribution is 2.26. The first-order valence-electron chi connectivity index (χ1n) is 6.93. The van der Waals surface area contributed by atoms with Gasteiger partial charge in [0.25, 0.3) is 0 Å². The second kappa shape index (κ2) is 6.62. The molecule has 21 heavy (non-hydrogen) atoms. The van der Waals surface area contributed by atoms with Crippen LogP contribution < -0.4 is 10.5 Å². The van der Waals surface area contributed by atoms with Crippen molar-refractivity contribution in [3.05, 3.63) is 18.3 Å². The molecule has 114 valence electrons. The quantitative estimate of drug-likeness (QED) is 0.830. The van der Waals surface area contributed by atoms with Crippen molar-refractivity contribution in [2.24, 2.45) is 11.1 Å². The predicted molar refractivity (Wildman–Crippen MR) is 77.6 cm³/mol. The number of rotatable bonds is 7. The molecule has 0 spiro atoms. The fourth-order valence-electron chi connectivity index (χ4n) is 1.99. The molecule has 2 aromatic heterocycles. The van der Waals surface area contributed by atoms with E-state index in [0.29, 0.717) is 29.8 Å². The fraction of sp³-hybridized carbons (Fsp3) is 0.571. The number of aryl methyl sites for hydroxylation is 1. The maximum Gasteiger partial charge on any atom is 0.227 e. The highest BCUT2D eigenvalue weighted by Gasteiger charge is 2.19. The van der Waals surface area contributed by atoms with Crippen molar-refractivity contribution < 1.29 is 9.26 Å². The molecule has 2 aromatic rings. The minimum Gasteiger partial charge on any atom is -0.481 e. The first-order chi connectivity index (χ1) is 10.0. The molecule has 0 unspecified atom stereocenters. The summed E-state index contributed by atoms with van der Waals surface area (Å²) in [6.07, 6.45) is 4.05. The van der Waals surface area contributed by atoms with Gasteiger partial charge in [0.2, 0.25) is 17.6 Å². The third kappa shape index (κ3) is 4.22. The molecule has 7 nitrogen and oxygen atoms in total. The Morgan fingerprint density at radius 1 is 1.29 bits per heavy atom. The van der Waals surface area contributed by atoms with Crippen LogP contribution in [0.1, 0.15) is 32.6 Å². The molecule has 0 aliphatic rings. The minimum absolute atomic E-state index is 0.168. The summed E-state index contributed by atoms with van der Waals surface area (Å²) in [7, 11) is 1.55. The van der Waals surface area contributed by atoms with Crippen molar-refractivity contribution in [3.8, 4) is 17.4 Å². The normalized spacial score (nSPS) is 11.6. The zero-order valence-electron chi connectivity index (χ0n) is 12.7. The summed E-state index contributed by atoms with van der Waals surface area (Å²) in [6.45, 7) is 5.06. The van der Waals surface area contributed by atoms with Gasteiger partial charge in [0.05, 0.1) is 7.11 Å². The van der Waals surface area contributed by atoms with Gasteiger partial charge in [-0.2, -0.15) is 4.98 Å². The lowest BCUT2D eigenvalue weighted by atomic mass is 9.84. The van der Waals surface area contributed by atoms with Gasteiger partial charge < -0.3 is 15.0 Å². The first kappa shape index (κ1) is 15.4. The summed E-state index contributed by atoms with van der Waals surface area (Å²) in [5.74, 6) is 1.52. The van der Waals surface area contributed by atoms with Crippen LogP contribution in [0.2, 0.25) is 0 Å². The van der Waals surface area contributed by atoms with Gasteiger partial charge in [-0.25, -0.2) is 9.97 Å². The van der Waals surface area contributed by atoms with Crippen molar-refractivity contribution in [1.29, 1.82) is 0 Å². The Morgan fingerprint density at radius 2 is 2.10 bits per heavy atom. The molecule has 0 radical (unpaired) electrons. The van der Waals surface area contributed by atoms with Crippen molar-refractivity contribution in [3.63, 3.8) is 0 Å². The Kier molecular flexibility index (Phi) is 4.85. The van der Waals surface area contributed by atoms with Crippen molar-refractivity contribution in [1.82, 2.24) is 20.1 Å². The van der Waals surface area contributed by atoms with Gasteiger partial charge in [-0.05, 0) is 24.8 Å². The molecule has 0 saturated carbocycles. The largest absolute Gasteiger partial charge is 0.481 e.